The molecule has 0 unspecified atom stereocenters. The highest BCUT2D eigenvalue weighted by Crippen LogP contribution is 1.90. The van der Waals surface area contributed by atoms with Crippen LogP contribution in [0, 0.1) is 5.92 Å². The Bertz CT molecular complexity index is 56.1. The SMILES string of the molecule is CC(C)CNCC(F)F. The molecule has 1 N–H and O–H groups in total. The number of hydrogen-bond donors (Lipinski definition) is 1. The third kappa shape index (κ3) is 7.82. The number of halogens is 2. The summed E-state index contributed by atoms with van der Waals surface area (Å²) in [5, 5.41) is 2.63. The molecule has 0 atom stereocenters. The molecule has 56 valence electrons. The number of alkyl halides is 2. The maximum Gasteiger partial charge on any atom is 0.250 e. The molecule has 3 heteroatoms. The van der Waals surface area contributed by atoms with E-state index in [0.29, 0.717) is 12.5 Å². The zero-order chi connectivity index (χ0) is 7.28. The Labute approximate surface area is 54.4 Å². The summed E-state index contributed by atoms with van der Waals surface area (Å²) in [6.45, 7) is 4.46. The second-order valence-electron chi connectivity index (χ2n) is 2.44. The average Bonchev–Trinajstić information content (AvgIpc) is 1.63. The molecule has 0 saturated heterocycles. The van der Waals surface area contributed by atoms with Crippen molar-refractivity contribution >= 4 is 0 Å². The Kier molecular flexibility index (Phi) is 4.58. The minimum atomic E-state index is -2.22. The smallest absolute Gasteiger partial charge is 0.250 e. The maximum atomic E-state index is 11.4. The summed E-state index contributed by atoms with van der Waals surface area (Å²) in [5.41, 5.74) is 0. The van der Waals surface area contributed by atoms with Crippen molar-refractivity contribution in [3.63, 3.8) is 0 Å². The topological polar surface area (TPSA) is 12.0 Å². The molecule has 0 aromatic rings. The van der Waals surface area contributed by atoms with Crippen LogP contribution in [0.5, 0.6) is 0 Å². The lowest BCUT2D eigenvalue weighted by Crippen LogP contribution is -2.25. The molecule has 0 bridgehead atoms. The molecular weight excluding hydrogens is 124 g/mol. The Hall–Kier alpha value is -0.180. The predicted molar refractivity (Wildman–Crippen MR) is 33.7 cm³/mol. The van der Waals surface area contributed by atoms with Gasteiger partial charge in [0.05, 0.1) is 6.54 Å². The Balaban J connectivity index is 2.91. The summed E-state index contributed by atoms with van der Waals surface area (Å²) in [4.78, 5) is 0. The van der Waals surface area contributed by atoms with E-state index in [-0.39, 0.29) is 6.54 Å². The average molecular weight is 137 g/mol. The van der Waals surface area contributed by atoms with Crippen LogP contribution in [0.2, 0.25) is 0 Å². The molecule has 0 rings (SSSR count). The van der Waals surface area contributed by atoms with E-state index in [4.69, 9.17) is 0 Å². The van der Waals surface area contributed by atoms with Crippen LogP contribution < -0.4 is 5.32 Å². The molecule has 0 aromatic carbocycles. The van der Waals surface area contributed by atoms with E-state index in [9.17, 15) is 8.78 Å². The van der Waals surface area contributed by atoms with Gasteiger partial charge in [-0.2, -0.15) is 0 Å². The van der Waals surface area contributed by atoms with Gasteiger partial charge in [-0.05, 0) is 12.5 Å². The van der Waals surface area contributed by atoms with Crippen LogP contribution in [0.15, 0.2) is 0 Å². The summed E-state index contributed by atoms with van der Waals surface area (Å²) >= 11 is 0. The van der Waals surface area contributed by atoms with Crippen LogP contribution in [0.1, 0.15) is 13.8 Å². The van der Waals surface area contributed by atoms with Crippen molar-refractivity contribution in [2.45, 2.75) is 20.3 Å². The summed E-state index contributed by atoms with van der Waals surface area (Å²) in [7, 11) is 0. The molecule has 9 heavy (non-hydrogen) atoms. The van der Waals surface area contributed by atoms with Crippen molar-refractivity contribution in [3.05, 3.63) is 0 Å². The number of nitrogens with one attached hydrogen (secondary N) is 1. The van der Waals surface area contributed by atoms with Gasteiger partial charge >= 0.3 is 0 Å². The molecule has 0 spiro atoms. The third-order valence-corrected chi connectivity index (χ3v) is 0.851. The Morgan fingerprint density at radius 3 is 2.11 bits per heavy atom. The van der Waals surface area contributed by atoms with E-state index in [1.165, 1.54) is 0 Å². The lowest BCUT2D eigenvalue weighted by molar-refractivity contribution is 0.145. The van der Waals surface area contributed by atoms with Crippen molar-refractivity contribution < 1.29 is 8.78 Å². The monoisotopic (exact) mass is 137 g/mol. The largest absolute Gasteiger partial charge is 0.311 e. The maximum absolute atomic E-state index is 11.4. The highest BCUT2D eigenvalue weighted by molar-refractivity contribution is 4.51. The summed E-state index contributed by atoms with van der Waals surface area (Å²) < 4.78 is 22.8. The van der Waals surface area contributed by atoms with Crippen LogP contribution in [0.3, 0.4) is 0 Å². The third-order valence-electron chi connectivity index (χ3n) is 0.851. The van der Waals surface area contributed by atoms with Crippen LogP contribution in [-0.4, -0.2) is 19.5 Å². The molecule has 0 saturated carbocycles. The fourth-order valence-electron chi connectivity index (χ4n) is 0.481. The van der Waals surface area contributed by atoms with Gasteiger partial charge in [-0.25, -0.2) is 8.78 Å². The molecule has 0 radical (unpaired) electrons. The first kappa shape index (κ1) is 8.82. The zero-order valence-electron chi connectivity index (χ0n) is 5.82. The highest BCUT2D eigenvalue weighted by Gasteiger charge is 2.00. The van der Waals surface area contributed by atoms with Gasteiger partial charge in [-0.1, -0.05) is 13.8 Å². The standard InChI is InChI=1S/C6H13F2N/c1-5(2)3-9-4-6(7)8/h5-6,9H,3-4H2,1-2H3. The second kappa shape index (κ2) is 4.68. The van der Waals surface area contributed by atoms with Crippen molar-refractivity contribution in [1.29, 1.82) is 0 Å². The lowest BCUT2D eigenvalue weighted by Gasteiger charge is -2.05. The van der Waals surface area contributed by atoms with Gasteiger partial charge in [0.1, 0.15) is 0 Å². The molecule has 0 aliphatic rings. The summed E-state index contributed by atoms with van der Waals surface area (Å²) in [6.07, 6.45) is -2.22. The number of rotatable bonds is 4. The van der Waals surface area contributed by atoms with Crippen LogP contribution >= 0.6 is 0 Å². The summed E-state index contributed by atoms with van der Waals surface area (Å²) in [6, 6.07) is 0. The van der Waals surface area contributed by atoms with Gasteiger partial charge < -0.3 is 5.32 Å². The predicted octanol–water partition coefficient (Wildman–Crippen LogP) is 1.50. The normalized spacial score (nSPS) is 11.3. The first-order valence-corrected chi connectivity index (χ1v) is 3.11. The van der Waals surface area contributed by atoms with Gasteiger partial charge in [0.25, 0.3) is 6.43 Å². The van der Waals surface area contributed by atoms with E-state index in [0.717, 1.165) is 0 Å². The van der Waals surface area contributed by atoms with Gasteiger partial charge in [0.15, 0.2) is 0 Å². The van der Waals surface area contributed by atoms with Crippen molar-refractivity contribution in [3.8, 4) is 0 Å². The van der Waals surface area contributed by atoms with Crippen LogP contribution in [0.4, 0.5) is 8.78 Å². The highest BCUT2D eigenvalue weighted by atomic mass is 19.3. The summed E-state index contributed by atoms with van der Waals surface area (Å²) in [5.74, 6) is 0.448. The van der Waals surface area contributed by atoms with Gasteiger partial charge in [0.2, 0.25) is 0 Å². The number of hydrogen-bond acceptors (Lipinski definition) is 1. The molecule has 1 nitrogen and oxygen atoms in total. The first-order chi connectivity index (χ1) is 4.13. The molecular formula is C6H13F2N. The van der Waals surface area contributed by atoms with E-state index >= 15 is 0 Å². The fourth-order valence-corrected chi connectivity index (χ4v) is 0.481. The van der Waals surface area contributed by atoms with E-state index in [1.807, 2.05) is 13.8 Å². The Morgan fingerprint density at radius 1 is 1.22 bits per heavy atom. The molecule has 0 aliphatic carbocycles. The van der Waals surface area contributed by atoms with Crippen LogP contribution in [-0.2, 0) is 0 Å². The van der Waals surface area contributed by atoms with E-state index < -0.39 is 6.43 Å². The van der Waals surface area contributed by atoms with E-state index in [2.05, 4.69) is 5.32 Å². The molecule has 0 aliphatic heterocycles. The van der Waals surface area contributed by atoms with Gasteiger partial charge in [-0.3, -0.25) is 0 Å². The minimum Gasteiger partial charge on any atom is -0.311 e. The molecule has 0 aromatic heterocycles. The lowest BCUT2D eigenvalue weighted by atomic mass is 10.2. The molecule has 0 heterocycles. The molecule has 0 amide bonds. The molecule has 0 fully saturated rings. The zero-order valence-corrected chi connectivity index (χ0v) is 5.82. The van der Waals surface area contributed by atoms with Gasteiger partial charge in [0, 0.05) is 0 Å². The minimum absolute atomic E-state index is 0.182. The van der Waals surface area contributed by atoms with Crippen molar-refractivity contribution in [1.82, 2.24) is 5.32 Å². The fraction of sp³-hybridized carbons (Fsp3) is 1.00. The Morgan fingerprint density at radius 2 is 1.78 bits per heavy atom. The quantitative estimate of drug-likeness (QED) is 0.619. The van der Waals surface area contributed by atoms with E-state index in [1.54, 1.807) is 0 Å². The van der Waals surface area contributed by atoms with Crippen molar-refractivity contribution in [2.75, 3.05) is 13.1 Å². The first-order valence-electron chi connectivity index (χ1n) is 3.11. The van der Waals surface area contributed by atoms with Gasteiger partial charge in [-0.15, -0.1) is 0 Å². The van der Waals surface area contributed by atoms with Crippen LogP contribution in [0.25, 0.3) is 0 Å². The second-order valence-corrected chi connectivity index (χ2v) is 2.44. The van der Waals surface area contributed by atoms with Crippen molar-refractivity contribution in [2.24, 2.45) is 5.92 Å².